The van der Waals surface area contributed by atoms with Gasteiger partial charge in [0, 0.05) is 13.6 Å². The van der Waals surface area contributed by atoms with Crippen molar-refractivity contribution in [3.8, 4) is 5.75 Å². The molecule has 0 bridgehead atoms. The summed E-state index contributed by atoms with van der Waals surface area (Å²) in [5.41, 5.74) is 0.655. The van der Waals surface area contributed by atoms with Crippen LogP contribution < -0.4 is 17.1 Å². The van der Waals surface area contributed by atoms with Gasteiger partial charge in [0.15, 0.2) is 16.6 Å². The molecule has 1 radical (unpaired) electrons. The standard InChI is InChI=1S/C17H29NO2Si2.Au.ClH.H2/c1-18-16-10-12-17(13-11-16)19-14-8-7-9-15-22(5,6)20-21(2,3)4;;;/h10-13H,7-9,14-15H2,2-6H3;;2*1H/q2*+1;;/p-1. The third kappa shape index (κ3) is 12.3. The van der Waals surface area contributed by atoms with E-state index in [0.29, 0.717) is 5.69 Å². The Bertz CT molecular complexity index is 505. The van der Waals surface area contributed by atoms with Crippen LogP contribution in [0, 0.1) is 6.57 Å². The van der Waals surface area contributed by atoms with Gasteiger partial charge in [-0.25, -0.2) is 0 Å². The van der Waals surface area contributed by atoms with Gasteiger partial charge in [-0.2, -0.15) is 0 Å². The van der Waals surface area contributed by atoms with E-state index in [4.69, 9.17) is 15.4 Å². The number of ether oxygens (including phenoxy) is 1. The van der Waals surface area contributed by atoms with Crippen LogP contribution in [0.2, 0.25) is 38.8 Å². The number of hydrogen-bond donors (Lipinski definition) is 0. The number of unbranched alkanes of at least 4 members (excludes halogenated alkanes) is 2. The molecule has 0 unspecified atom stereocenters. The van der Waals surface area contributed by atoms with Crippen molar-refractivity contribution < 1.29 is 45.1 Å². The minimum absolute atomic E-state index is 0. The number of halogens is 1. The zero-order valence-electron chi connectivity index (χ0n) is 15.3. The second-order valence-corrected chi connectivity index (χ2v) is 16.3. The molecule has 0 atom stereocenters. The molecular formula is C17H31AuClNO2Si2+. The fourth-order valence-corrected chi connectivity index (χ4v) is 10.7. The Labute approximate surface area is 173 Å². The Balaban J connectivity index is -0.00000161. The summed E-state index contributed by atoms with van der Waals surface area (Å²) in [6, 6.07) is 8.56. The number of rotatable bonds is 9. The van der Waals surface area contributed by atoms with Crippen molar-refractivity contribution in [2.24, 2.45) is 0 Å². The Morgan fingerprint density at radius 1 is 1.00 bits per heavy atom. The molecule has 0 saturated heterocycles. The van der Waals surface area contributed by atoms with Crippen LogP contribution in [0.5, 0.6) is 5.75 Å². The summed E-state index contributed by atoms with van der Waals surface area (Å²) >= 11 is 0. The minimum Gasteiger partial charge on any atom is -1.00 e. The molecule has 1 aromatic rings. The Hall–Kier alpha value is -0.0660. The summed E-state index contributed by atoms with van der Waals surface area (Å²) in [4.78, 5) is 3.37. The van der Waals surface area contributed by atoms with E-state index in [9.17, 15) is 0 Å². The molecule has 0 heterocycles. The SMILES string of the molecule is [Au+].[C]#[N+]c1ccc(OCCCCC[Si](C)(C)O[Si](C)(C)C)cc1.[Cl-].[HH]. The van der Waals surface area contributed by atoms with E-state index < -0.39 is 16.6 Å². The molecule has 24 heavy (non-hydrogen) atoms. The van der Waals surface area contributed by atoms with Crippen molar-refractivity contribution in [2.75, 3.05) is 6.61 Å². The largest absolute Gasteiger partial charge is 1.00 e. The molecule has 0 N–H and O–H groups in total. The second-order valence-electron chi connectivity index (χ2n) is 7.24. The Morgan fingerprint density at radius 3 is 2.08 bits per heavy atom. The molecule has 0 aliphatic rings. The van der Waals surface area contributed by atoms with E-state index in [-0.39, 0.29) is 36.2 Å². The first-order valence-electron chi connectivity index (χ1n) is 8.02. The van der Waals surface area contributed by atoms with Crippen molar-refractivity contribution in [3.63, 3.8) is 0 Å². The fraction of sp³-hybridized carbons (Fsp3) is 0.588. The quantitative estimate of drug-likeness (QED) is 0.337. The van der Waals surface area contributed by atoms with Crippen LogP contribution in [-0.4, -0.2) is 23.2 Å². The van der Waals surface area contributed by atoms with Crippen molar-refractivity contribution in [1.82, 2.24) is 0 Å². The molecule has 0 fully saturated rings. The van der Waals surface area contributed by atoms with Gasteiger partial charge in [-0.15, -0.1) is 0 Å². The summed E-state index contributed by atoms with van der Waals surface area (Å²) < 4.78 is 12.0. The average Bonchev–Trinajstić information content (AvgIpc) is 2.40. The van der Waals surface area contributed by atoms with Crippen molar-refractivity contribution in [1.29, 1.82) is 0 Å². The zero-order valence-corrected chi connectivity index (χ0v) is 20.2. The van der Waals surface area contributed by atoms with Crippen LogP contribution in [0.25, 0.3) is 4.85 Å². The summed E-state index contributed by atoms with van der Waals surface area (Å²) in [6.45, 7) is 19.1. The predicted molar refractivity (Wildman–Crippen MR) is 101 cm³/mol. The van der Waals surface area contributed by atoms with Crippen molar-refractivity contribution >= 4 is 22.3 Å². The van der Waals surface area contributed by atoms with E-state index in [2.05, 4.69) is 37.6 Å². The molecule has 3 nitrogen and oxygen atoms in total. The first-order chi connectivity index (χ1) is 10.2. The van der Waals surface area contributed by atoms with Gasteiger partial charge in [-0.1, -0.05) is 12.8 Å². The van der Waals surface area contributed by atoms with Crippen LogP contribution in [0.3, 0.4) is 0 Å². The number of hydrogen-bond acceptors (Lipinski definition) is 2. The topological polar surface area (TPSA) is 22.8 Å². The molecule has 141 valence electrons. The minimum atomic E-state index is -1.48. The summed E-state index contributed by atoms with van der Waals surface area (Å²) in [5.74, 6) is 0.851. The van der Waals surface area contributed by atoms with Gasteiger partial charge < -0.3 is 21.3 Å². The van der Waals surface area contributed by atoms with E-state index >= 15 is 0 Å². The molecule has 7 heteroatoms. The van der Waals surface area contributed by atoms with Gasteiger partial charge >= 0.3 is 34.6 Å². The maximum Gasteiger partial charge on any atom is 1.00 e. The van der Waals surface area contributed by atoms with Crippen LogP contribution in [0.15, 0.2) is 24.3 Å². The average molecular weight is 570 g/mol. The van der Waals surface area contributed by atoms with E-state index in [1.165, 1.54) is 18.9 Å². The number of nitrogens with zero attached hydrogens (tertiary/aromatic N) is 1. The van der Waals surface area contributed by atoms with Gasteiger partial charge in [0.05, 0.1) is 6.61 Å². The first kappa shape index (κ1) is 26.2. The smallest absolute Gasteiger partial charge is 1.00 e. The summed E-state index contributed by atoms with van der Waals surface area (Å²) in [6.07, 6.45) is 3.48. The molecular weight excluding hydrogens is 539 g/mol. The Kier molecular flexibility index (Phi) is 13.4. The van der Waals surface area contributed by atoms with Gasteiger partial charge in [0.25, 0.3) is 0 Å². The predicted octanol–water partition coefficient (Wildman–Crippen LogP) is 3.09. The van der Waals surface area contributed by atoms with E-state index in [1.807, 2.05) is 12.1 Å². The molecule has 0 spiro atoms. The third-order valence-electron chi connectivity index (χ3n) is 3.24. The van der Waals surface area contributed by atoms with Crippen molar-refractivity contribution in [2.45, 2.75) is 58.0 Å². The molecule has 0 saturated carbocycles. The van der Waals surface area contributed by atoms with Crippen LogP contribution in [0.1, 0.15) is 20.7 Å². The second kappa shape index (κ2) is 12.3. The molecule has 1 rings (SSSR count). The van der Waals surface area contributed by atoms with Gasteiger partial charge in [-0.3, -0.25) is 0 Å². The molecule has 1 aromatic carbocycles. The van der Waals surface area contributed by atoms with Gasteiger partial charge in [-0.05, 0) is 62.2 Å². The fourth-order valence-electron chi connectivity index (χ4n) is 2.52. The van der Waals surface area contributed by atoms with Crippen LogP contribution in [0.4, 0.5) is 5.69 Å². The van der Waals surface area contributed by atoms with Crippen LogP contribution in [-0.2, 0) is 26.5 Å². The molecule has 0 amide bonds. The monoisotopic (exact) mass is 569 g/mol. The Morgan fingerprint density at radius 2 is 1.58 bits per heavy atom. The zero-order chi connectivity index (χ0) is 16.6. The van der Waals surface area contributed by atoms with E-state index in [0.717, 1.165) is 18.8 Å². The summed E-state index contributed by atoms with van der Waals surface area (Å²) in [7, 11) is -2.88. The third-order valence-corrected chi connectivity index (χ3v) is 9.46. The normalized spacial score (nSPS) is 11.0. The maximum absolute atomic E-state index is 6.91. The van der Waals surface area contributed by atoms with Crippen LogP contribution >= 0.6 is 0 Å². The first-order valence-corrected chi connectivity index (χ1v) is 14.5. The molecule has 0 aromatic heterocycles. The van der Waals surface area contributed by atoms with Gasteiger partial charge in [0.2, 0.25) is 0 Å². The van der Waals surface area contributed by atoms with E-state index in [1.54, 1.807) is 12.1 Å². The molecule has 0 aliphatic heterocycles. The summed E-state index contributed by atoms with van der Waals surface area (Å²) in [5, 5.41) is 0. The molecule has 0 aliphatic carbocycles. The number of benzene rings is 1. The van der Waals surface area contributed by atoms with Gasteiger partial charge in [0.1, 0.15) is 5.75 Å². The van der Waals surface area contributed by atoms with Crippen molar-refractivity contribution in [3.05, 3.63) is 35.7 Å². The maximum atomic E-state index is 6.91.